The molecule has 0 amide bonds. The van der Waals surface area contributed by atoms with Gasteiger partial charge >= 0.3 is 5.54 Å². The molecule has 2 atom stereocenters. The highest BCUT2D eigenvalue weighted by molar-refractivity contribution is 5.86. The summed E-state index contributed by atoms with van der Waals surface area (Å²) >= 11 is 0. The molecule has 7 nitrogen and oxygen atoms in total. The van der Waals surface area contributed by atoms with E-state index in [-0.39, 0.29) is 10.6 Å². The molecule has 1 aliphatic heterocycles. The van der Waals surface area contributed by atoms with E-state index in [4.69, 9.17) is 4.74 Å². The van der Waals surface area contributed by atoms with E-state index in [1.54, 1.807) is 0 Å². The Morgan fingerprint density at radius 1 is 1.77 bits per heavy atom. The van der Waals surface area contributed by atoms with Crippen LogP contribution >= 0.6 is 0 Å². The fourth-order valence-corrected chi connectivity index (χ4v) is 1.11. The number of nitro groups is 1. The lowest BCUT2D eigenvalue weighted by atomic mass is 9.98. The van der Waals surface area contributed by atoms with Crippen LogP contribution in [-0.4, -0.2) is 34.5 Å². The maximum absolute atomic E-state index is 10.9. The number of rotatable bonds is 2. The minimum Gasteiger partial charge on any atom is -0.363 e. The molecule has 0 aromatic carbocycles. The predicted octanol–water partition coefficient (Wildman–Crippen LogP) is -0.0893. The molecule has 74 valence electrons. The molecule has 0 spiro atoms. The van der Waals surface area contributed by atoms with Crippen LogP contribution in [0.2, 0.25) is 0 Å². The van der Waals surface area contributed by atoms with Gasteiger partial charge in [-0.2, -0.15) is 0 Å². The summed E-state index contributed by atoms with van der Waals surface area (Å²) in [5, 5.41) is 21.6. The normalized spacial score (nSPS) is 33.3. The van der Waals surface area contributed by atoms with Crippen LogP contribution in [0.1, 0.15) is 13.8 Å². The minimum absolute atomic E-state index is 0.0237. The lowest BCUT2D eigenvalue weighted by Crippen LogP contribution is -2.50. The summed E-state index contributed by atoms with van der Waals surface area (Å²) in [6, 6.07) is 0. The van der Waals surface area contributed by atoms with Crippen LogP contribution in [-0.2, 0) is 9.57 Å². The van der Waals surface area contributed by atoms with Gasteiger partial charge in [0.05, 0.1) is 0 Å². The van der Waals surface area contributed by atoms with Crippen molar-refractivity contribution in [2.24, 2.45) is 0 Å². The molecule has 1 aliphatic rings. The molecule has 1 rings (SSSR count). The maximum Gasteiger partial charge on any atom is 0.343 e. The summed E-state index contributed by atoms with van der Waals surface area (Å²) in [7, 11) is 1.25. The number of hydrogen-bond donors (Lipinski definition) is 0. The summed E-state index contributed by atoms with van der Waals surface area (Å²) in [5.41, 5.74) is -1.62. The first-order chi connectivity index (χ1) is 5.94. The highest BCUT2D eigenvalue weighted by atomic mass is 16.9. The SMILES string of the molecule is COC1O[N+]([O-])=C(C)C1(C)[N+](=O)[O-]. The highest BCUT2D eigenvalue weighted by Crippen LogP contribution is 2.26. The Hall–Kier alpha value is -1.37. The van der Waals surface area contributed by atoms with Gasteiger partial charge in [0.2, 0.25) is 6.29 Å². The topological polar surface area (TPSA) is 87.7 Å². The Morgan fingerprint density at radius 3 is 2.62 bits per heavy atom. The van der Waals surface area contributed by atoms with Gasteiger partial charge in [-0.15, -0.1) is 0 Å². The smallest absolute Gasteiger partial charge is 0.343 e. The molecule has 13 heavy (non-hydrogen) atoms. The van der Waals surface area contributed by atoms with Gasteiger partial charge in [0, 0.05) is 30.8 Å². The van der Waals surface area contributed by atoms with E-state index in [9.17, 15) is 15.3 Å². The largest absolute Gasteiger partial charge is 0.363 e. The van der Waals surface area contributed by atoms with Crippen molar-refractivity contribution in [2.75, 3.05) is 7.11 Å². The Bertz CT molecular complexity index is 276. The molecule has 1 heterocycles. The average molecular weight is 190 g/mol. The van der Waals surface area contributed by atoms with E-state index < -0.39 is 16.8 Å². The van der Waals surface area contributed by atoms with E-state index in [0.717, 1.165) is 0 Å². The Labute approximate surface area is 74.2 Å². The first kappa shape index (κ1) is 9.72. The van der Waals surface area contributed by atoms with Crippen molar-refractivity contribution in [1.82, 2.24) is 0 Å². The number of nitrogens with zero attached hydrogens (tertiary/aromatic N) is 2. The molecule has 2 unspecified atom stereocenters. The highest BCUT2D eigenvalue weighted by Gasteiger charge is 2.60. The van der Waals surface area contributed by atoms with Crippen molar-refractivity contribution in [1.29, 1.82) is 0 Å². The van der Waals surface area contributed by atoms with E-state index in [1.165, 1.54) is 21.0 Å². The lowest BCUT2D eigenvalue weighted by Gasteiger charge is -2.18. The van der Waals surface area contributed by atoms with Gasteiger partial charge in [-0.25, -0.2) is 0 Å². The summed E-state index contributed by atoms with van der Waals surface area (Å²) in [6.45, 7) is 2.63. The van der Waals surface area contributed by atoms with Gasteiger partial charge in [0.1, 0.15) is 0 Å². The number of methoxy groups -OCH3 is 1. The van der Waals surface area contributed by atoms with Crippen molar-refractivity contribution in [2.45, 2.75) is 25.7 Å². The third-order valence-electron chi connectivity index (χ3n) is 2.25. The maximum atomic E-state index is 10.9. The van der Waals surface area contributed by atoms with Gasteiger partial charge in [-0.3, -0.25) is 15.3 Å². The van der Waals surface area contributed by atoms with Crippen LogP contribution < -0.4 is 0 Å². The van der Waals surface area contributed by atoms with Gasteiger partial charge in [-0.05, 0) is 0 Å². The van der Waals surface area contributed by atoms with Crippen LogP contribution in [0, 0.1) is 15.3 Å². The summed E-state index contributed by atoms with van der Waals surface area (Å²) in [6.07, 6.45) is -1.17. The molecule has 0 bridgehead atoms. The monoisotopic (exact) mass is 190 g/mol. The fourth-order valence-electron chi connectivity index (χ4n) is 1.11. The third-order valence-corrected chi connectivity index (χ3v) is 2.25. The van der Waals surface area contributed by atoms with E-state index in [1.807, 2.05) is 0 Å². The van der Waals surface area contributed by atoms with Crippen LogP contribution in [0.15, 0.2) is 0 Å². The molecule has 0 aromatic rings. The molecule has 0 aliphatic carbocycles. The zero-order valence-electron chi connectivity index (χ0n) is 7.51. The second-order valence-corrected chi connectivity index (χ2v) is 2.92. The van der Waals surface area contributed by atoms with Crippen LogP contribution in [0.3, 0.4) is 0 Å². The van der Waals surface area contributed by atoms with Crippen LogP contribution in [0.25, 0.3) is 0 Å². The van der Waals surface area contributed by atoms with Crippen molar-refractivity contribution in [3.63, 3.8) is 0 Å². The number of ether oxygens (including phenoxy) is 1. The Balaban J connectivity index is 3.10. The molecular weight excluding hydrogens is 180 g/mol. The van der Waals surface area contributed by atoms with E-state index >= 15 is 0 Å². The molecule has 7 heteroatoms. The molecule has 0 fully saturated rings. The first-order valence-electron chi connectivity index (χ1n) is 3.60. The van der Waals surface area contributed by atoms with Crippen molar-refractivity contribution in [3.8, 4) is 0 Å². The summed E-state index contributed by atoms with van der Waals surface area (Å²) < 4.78 is 4.70. The van der Waals surface area contributed by atoms with E-state index in [0.29, 0.717) is 0 Å². The fraction of sp³-hybridized carbons (Fsp3) is 0.833. The molecular formula is C6H10N2O5. The molecule has 0 saturated heterocycles. The van der Waals surface area contributed by atoms with Crippen molar-refractivity contribution >= 4 is 5.71 Å². The average Bonchev–Trinajstić information content (AvgIpc) is 2.30. The van der Waals surface area contributed by atoms with Crippen molar-refractivity contribution in [3.05, 3.63) is 15.3 Å². The van der Waals surface area contributed by atoms with Gasteiger partial charge < -0.3 is 9.57 Å². The standard InChI is InChI=1S/C6H10N2O5/c1-4-6(2,8(10)11)5(12-3)13-7(4)9/h5H,1-3H3. The van der Waals surface area contributed by atoms with Crippen molar-refractivity contribution < 1.29 is 19.4 Å². The zero-order chi connectivity index (χ0) is 10.2. The lowest BCUT2D eigenvalue weighted by molar-refractivity contribution is -0.756. The Kier molecular flexibility index (Phi) is 2.12. The number of hydrogen-bond acceptors (Lipinski definition) is 5. The van der Waals surface area contributed by atoms with Crippen LogP contribution in [0.5, 0.6) is 0 Å². The van der Waals surface area contributed by atoms with E-state index in [2.05, 4.69) is 4.84 Å². The Morgan fingerprint density at radius 2 is 2.31 bits per heavy atom. The predicted molar refractivity (Wildman–Crippen MR) is 41.6 cm³/mol. The molecule has 0 N–H and O–H groups in total. The molecule has 0 saturated carbocycles. The molecule has 0 radical (unpaired) electrons. The minimum atomic E-state index is -1.60. The summed E-state index contributed by atoms with van der Waals surface area (Å²) in [4.78, 5) is 14.8. The third kappa shape index (κ3) is 1.12. The second-order valence-electron chi connectivity index (χ2n) is 2.92. The summed E-state index contributed by atoms with van der Waals surface area (Å²) in [5.74, 6) is 0. The quantitative estimate of drug-likeness (QED) is 0.345. The van der Waals surface area contributed by atoms with Gasteiger partial charge in [0.25, 0.3) is 5.71 Å². The first-order valence-corrected chi connectivity index (χ1v) is 3.60. The molecule has 0 aromatic heterocycles. The zero-order valence-corrected chi connectivity index (χ0v) is 7.51. The second kappa shape index (κ2) is 2.84. The van der Waals surface area contributed by atoms with Gasteiger partial charge in [0.15, 0.2) is 0 Å². The van der Waals surface area contributed by atoms with Crippen LogP contribution in [0.4, 0.5) is 0 Å². The van der Waals surface area contributed by atoms with Gasteiger partial charge in [-0.1, -0.05) is 0 Å².